The van der Waals surface area contributed by atoms with Gasteiger partial charge in [-0.1, -0.05) is 0 Å². The minimum atomic E-state index is -0.568. The Labute approximate surface area is 91.8 Å². The van der Waals surface area contributed by atoms with Crippen molar-refractivity contribution in [3.8, 4) is 0 Å². The van der Waals surface area contributed by atoms with Gasteiger partial charge in [0.2, 0.25) is 0 Å². The lowest BCUT2D eigenvalue weighted by Crippen LogP contribution is -2.32. The number of hydrogen-bond donors (Lipinski definition) is 2. The molecule has 90 valence electrons. The van der Waals surface area contributed by atoms with Crippen molar-refractivity contribution < 1.29 is 9.47 Å². The molecular weight excluding hydrogens is 214 g/mol. The molecule has 0 aromatic carbocycles. The van der Waals surface area contributed by atoms with Crippen LogP contribution in [0.3, 0.4) is 0 Å². The minimum Gasteiger partial charge on any atom is -0.393 e. The molecule has 0 saturated carbocycles. The summed E-state index contributed by atoms with van der Waals surface area (Å²) in [6.07, 6.45) is 1.31. The fourth-order valence-electron chi connectivity index (χ4n) is 1.10. The summed E-state index contributed by atoms with van der Waals surface area (Å²) < 4.78 is 11.3. The van der Waals surface area contributed by atoms with Gasteiger partial charge in [0.25, 0.3) is 5.56 Å². The number of nitrogens with two attached hydrogens (primary N) is 1. The summed E-state index contributed by atoms with van der Waals surface area (Å²) in [5.41, 5.74) is 4.33. The Bertz CT molecular complexity index is 437. The molecule has 7 heteroatoms. The Morgan fingerprint density at radius 2 is 2.12 bits per heavy atom. The lowest BCUT2D eigenvalue weighted by atomic mass is 10.5. The molecule has 0 aliphatic heterocycles. The van der Waals surface area contributed by atoms with Crippen molar-refractivity contribution in [2.45, 2.75) is 6.54 Å². The van der Waals surface area contributed by atoms with Gasteiger partial charge in [-0.3, -0.25) is 14.3 Å². The molecule has 7 nitrogen and oxygen atoms in total. The van der Waals surface area contributed by atoms with Gasteiger partial charge in [-0.25, -0.2) is 4.79 Å². The number of hydrogen-bond acceptors (Lipinski definition) is 5. The first-order valence-corrected chi connectivity index (χ1v) is 4.81. The molecule has 0 amide bonds. The first kappa shape index (κ1) is 12.5. The second-order valence-corrected chi connectivity index (χ2v) is 3.14. The first-order valence-electron chi connectivity index (χ1n) is 4.81. The zero-order valence-corrected chi connectivity index (χ0v) is 9.06. The maximum Gasteiger partial charge on any atom is 0.328 e. The Morgan fingerprint density at radius 1 is 1.38 bits per heavy atom. The number of rotatable bonds is 6. The summed E-state index contributed by atoms with van der Waals surface area (Å²) >= 11 is 0. The Morgan fingerprint density at radius 3 is 2.81 bits per heavy atom. The summed E-state index contributed by atoms with van der Waals surface area (Å²) in [7, 11) is 1.58. The van der Waals surface area contributed by atoms with E-state index in [2.05, 4.69) is 4.98 Å². The van der Waals surface area contributed by atoms with Gasteiger partial charge < -0.3 is 15.2 Å². The maximum absolute atomic E-state index is 11.3. The van der Waals surface area contributed by atoms with Gasteiger partial charge in [-0.15, -0.1) is 0 Å². The predicted octanol–water partition coefficient (Wildman–Crippen LogP) is -1.22. The molecule has 0 aliphatic carbocycles. The number of methoxy groups -OCH3 is 1. The van der Waals surface area contributed by atoms with Gasteiger partial charge in [0.15, 0.2) is 0 Å². The monoisotopic (exact) mass is 229 g/mol. The van der Waals surface area contributed by atoms with Crippen molar-refractivity contribution in [2.24, 2.45) is 0 Å². The lowest BCUT2D eigenvalue weighted by molar-refractivity contribution is 0.0661. The van der Waals surface area contributed by atoms with E-state index >= 15 is 0 Å². The van der Waals surface area contributed by atoms with E-state index in [-0.39, 0.29) is 5.69 Å². The van der Waals surface area contributed by atoms with E-state index in [1.165, 1.54) is 10.8 Å². The molecule has 0 saturated heterocycles. The molecule has 0 bridgehead atoms. The van der Waals surface area contributed by atoms with Gasteiger partial charge in [0.1, 0.15) is 5.69 Å². The summed E-state index contributed by atoms with van der Waals surface area (Å²) in [6, 6.07) is 0. The van der Waals surface area contributed by atoms with E-state index in [4.69, 9.17) is 15.2 Å². The zero-order chi connectivity index (χ0) is 12.0. The van der Waals surface area contributed by atoms with Crippen LogP contribution in [0.2, 0.25) is 0 Å². The van der Waals surface area contributed by atoms with E-state index in [9.17, 15) is 9.59 Å². The molecule has 3 N–H and O–H groups in total. The van der Waals surface area contributed by atoms with Crippen LogP contribution >= 0.6 is 0 Å². The number of aromatic amines is 1. The van der Waals surface area contributed by atoms with E-state index in [0.717, 1.165) is 0 Å². The highest BCUT2D eigenvalue weighted by atomic mass is 16.5. The van der Waals surface area contributed by atoms with Gasteiger partial charge >= 0.3 is 5.69 Å². The highest BCUT2D eigenvalue weighted by molar-refractivity contribution is 5.30. The smallest absolute Gasteiger partial charge is 0.328 e. The van der Waals surface area contributed by atoms with E-state index in [0.29, 0.717) is 26.4 Å². The average molecular weight is 229 g/mol. The molecule has 0 atom stereocenters. The third-order valence-corrected chi connectivity index (χ3v) is 1.95. The number of ether oxygens (including phenoxy) is 2. The number of nitrogens with one attached hydrogen (secondary N) is 1. The standard InChI is InChI=1S/C9H15N3O4/c1-15-4-5-16-3-2-12-6-7(10)8(13)11-9(12)14/h6H,2-5,10H2,1H3,(H,11,13,14). The highest BCUT2D eigenvalue weighted by Gasteiger charge is 2.00. The molecule has 0 spiro atoms. The Balaban J connectivity index is 2.51. The zero-order valence-electron chi connectivity index (χ0n) is 9.06. The average Bonchev–Trinajstić information content (AvgIpc) is 2.25. The van der Waals surface area contributed by atoms with E-state index < -0.39 is 11.2 Å². The van der Waals surface area contributed by atoms with Crippen molar-refractivity contribution in [3.63, 3.8) is 0 Å². The second-order valence-electron chi connectivity index (χ2n) is 3.14. The van der Waals surface area contributed by atoms with Crippen molar-refractivity contribution in [1.82, 2.24) is 9.55 Å². The van der Waals surface area contributed by atoms with E-state index in [1.54, 1.807) is 7.11 Å². The third kappa shape index (κ3) is 3.52. The van der Waals surface area contributed by atoms with Crippen LogP contribution in [0.4, 0.5) is 5.69 Å². The maximum atomic E-state index is 11.3. The molecule has 16 heavy (non-hydrogen) atoms. The molecular formula is C9H15N3O4. The van der Waals surface area contributed by atoms with Crippen LogP contribution in [0.15, 0.2) is 15.8 Å². The van der Waals surface area contributed by atoms with E-state index in [1.807, 2.05) is 0 Å². The van der Waals surface area contributed by atoms with Gasteiger partial charge in [-0.2, -0.15) is 0 Å². The van der Waals surface area contributed by atoms with Gasteiger partial charge in [-0.05, 0) is 0 Å². The SMILES string of the molecule is COCCOCCn1cc(N)c(=O)[nH]c1=O. The lowest BCUT2D eigenvalue weighted by Gasteiger charge is -2.06. The number of aromatic nitrogens is 2. The Kier molecular flexibility index (Phi) is 4.74. The van der Waals surface area contributed by atoms with Crippen LogP contribution in [0, 0.1) is 0 Å². The third-order valence-electron chi connectivity index (χ3n) is 1.95. The number of anilines is 1. The minimum absolute atomic E-state index is 0.0106. The molecule has 1 heterocycles. The van der Waals surface area contributed by atoms with Crippen molar-refractivity contribution in [3.05, 3.63) is 27.0 Å². The van der Waals surface area contributed by atoms with Crippen molar-refractivity contribution in [2.75, 3.05) is 32.7 Å². The normalized spacial score (nSPS) is 10.6. The van der Waals surface area contributed by atoms with Crippen LogP contribution in [0.5, 0.6) is 0 Å². The van der Waals surface area contributed by atoms with Crippen LogP contribution < -0.4 is 17.0 Å². The fraction of sp³-hybridized carbons (Fsp3) is 0.556. The first-order chi connectivity index (χ1) is 7.65. The van der Waals surface area contributed by atoms with Crippen LogP contribution in [-0.2, 0) is 16.0 Å². The molecule has 1 aromatic rings. The summed E-state index contributed by atoms with van der Waals surface area (Å²) in [5, 5.41) is 0. The molecule has 0 radical (unpaired) electrons. The molecule has 0 unspecified atom stereocenters. The largest absolute Gasteiger partial charge is 0.393 e. The summed E-state index contributed by atoms with van der Waals surface area (Å²) in [5.74, 6) is 0. The number of H-pyrrole nitrogens is 1. The Hall–Kier alpha value is -1.60. The van der Waals surface area contributed by atoms with Crippen molar-refractivity contribution >= 4 is 5.69 Å². The van der Waals surface area contributed by atoms with Crippen LogP contribution in [-0.4, -0.2) is 36.5 Å². The molecule has 1 rings (SSSR count). The van der Waals surface area contributed by atoms with Crippen LogP contribution in [0.1, 0.15) is 0 Å². The quantitative estimate of drug-likeness (QED) is 0.596. The number of nitrogens with zero attached hydrogens (tertiary/aromatic N) is 1. The van der Waals surface area contributed by atoms with Gasteiger partial charge in [0.05, 0.1) is 26.4 Å². The fourth-order valence-corrected chi connectivity index (χ4v) is 1.10. The predicted molar refractivity (Wildman–Crippen MR) is 58.4 cm³/mol. The summed E-state index contributed by atoms with van der Waals surface area (Å²) in [4.78, 5) is 24.4. The second kappa shape index (κ2) is 6.09. The molecule has 1 aromatic heterocycles. The molecule has 0 fully saturated rings. The highest BCUT2D eigenvalue weighted by Crippen LogP contribution is 1.87. The van der Waals surface area contributed by atoms with Crippen molar-refractivity contribution in [1.29, 1.82) is 0 Å². The number of nitrogen functional groups attached to an aromatic ring is 1. The summed E-state index contributed by atoms with van der Waals surface area (Å²) in [6.45, 7) is 1.66. The molecule has 0 aliphatic rings. The van der Waals surface area contributed by atoms with Crippen LogP contribution in [0.25, 0.3) is 0 Å². The van der Waals surface area contributed by atoms with Gasteiger partial charge in [0, 0.05) is 13.3 Å². The topological polar surface area (TPSA) is 99.3 Å².